The summed E-state index contributed by atoms with van der Waals surface area (Å²) in [6, 6.07) is 10.8. The molecule has 1 rings (SSSR count). The van der Waals surface area contributed by atoms with Crippen LogP contribution in [0.15, 0.2) is 30.3 Å². The van der Waals surface area contributed by atoms with Gasteiger partial charge in [0.2, 0.25) is 0 Å². The molecule has 2 nitrogen and oxygen atoms in total. The molecule has 0 saturated carbocycles. The lowest BCUT2D eigenvalue weighted by atomic mass is 10.2. The van der Waals surface area contributed by atoms with E-state index in [1.165, 1.54) is 36.2 Å². The molecule has 0 aliphatic rings. The molecule has 0 aliphatic carbocycles. The lowest BCUT2D eigenvalue weighted by Crippen LogP contribution is -2.46. The Labute approximate surface area is 95.6 Å². The Morgan fingerprint density at radius 3 is 1.80 bits per heavy atom. The van der Waals surface area contributed by atoms with E-state index in [1.54, 1.807) is 0 Å². The minimum absolute atomic E-state index is 0. The average Bonchev–Trinajstić information content (AvgIpc) is 2.28. The normalized spacial score (nSPS) is 10.9. The van der Waals surface area contributed by atoms with Gasteiger partial charge in [-0.2, -0.15) is 0 Å². The molecular formula is C13H27N2+. The van der Waals surface area contributed by atoms with Gasteiger partial charge in [0.1, 0.15) is 6.54 Å². The van der Waals surface area contributed by atoms with Gasteiger partial charge in [-0.25, -0.2) is 0 Å². The van der Waals surface area contributed by atoms with Gasteiger partial charge >= 0.3 is 0 Å². The van der Waals surface area contributed by atoms with Gasteiger partial charge < -0.3 is 10.6 Å². The summed E-state index contributed by atoms with van der Waals surface area (Å²) in [4.78, 5) is 0. The molecule has 0 bridgehead atoms. The largest absolute Gasteiger partial charge is 0.344 e. The highest BCUT2D eigenvalue weighted by molar-refractivity contribution is 5.13. The summed E-state index contributed by atoms with van der Waals surface area (Å²) in [6.45, 7) is 11.7. The SMILES string of the molecule is CC[N+](CC)(CC)Cc1ccccc1.N.[HH]. The number of hydrogen-bond donors (Lipinski definition) is 1. The molecule has 2 heteroatoms. The molecule has 0 atom stereocenters. The highest BCUT2D eigenvalue weighted by Crippen LogP contribution is 2.13. The third kappa shape index (κ3) is 3.65. The van der Waals surface area contributed by atoms with Crippen molar-refractivity contribution in [3.63, 3.8) is 0 Å². The van der Waals surface area contributed by atoms with Crippen molar-refractivity contribution >= 4 is 0 Å². The van der Waals surface area contributed by atoms with Crippen molar-refractivity contribution < 1.29 is 5.91 Å². The van der Waals surface area contributed by atoms with Gasteiger partial charge in [-0.05, 0) is 20.8 Å². The molecule has 0 aromatic heterocycles. The van der Waals surface area contributed by atoms with Crippen molar-refractivity contribution in [1.82, 2.24) is 6.15 Å². The van der Waals surface area contributed by atoms with Crippen LogP contribution in [0.2, 0.25) is 0 Å². The maximum absolute atomic E-state index is 2.29. The number of hydrogen-bond acceptors (Lipinski definition) is 1. The first-order valence-corrected chi connectivity index (χ1v) is 5.65. The predicted molar refractivity (Wildman–Crippen MR) is 69.2 cm³/mol. The van der Waals surface area contributed by atoms with E-state index in [0.29, 0.717) is 0 Å². The molecular weight excluding hydrogens is 184 g/mol. The van der Waals surface area contributed by atoms with Crippen molar-refractivity contribution in [2.45, 2.75) is 27.3 Å². The van der Waals surface area contributed by atoms with Crippen LogP contribution in [0.5, 0.6) is 0 Å². The van der Waals surface area contributed by atoms with E-state index in [0.717, 1.165) is 0 Å². The van der Waals surface area contributed by atoms with E-state index in [1.807, 2.05) is 0 Å². The quantitative estimate of drug-likeness (QED) is 0.744. The Hall–Kier alpha value is -0.860. The first-order chi connectivity index (χ1) is 6.76. The van der Waals surface area contributed by atoms with Crippen LogP contribution in [0.25, 0.3) is 0 Å². The second-order valence-electron chi connectivity index (χ2n) is 3.93. The highest BCUT2D eigenvalue weighted by atomic mass is 15.3. The Kier molecular flexibility index (Phi) is 6.21. The third-order valence-electron chi connectivity index (χ3n) is 3.37. The van der Waals surface area contributed by atoms with E-state index >= 15 is 0 Å². The summed E-state index contributed by atoms with van der Waals surface area (Å²) < 4.78 is 1.20. The Morgan fingerprint density at radius 2 is 1.40 bits per heavy atom. The molecule has 1 aromatic carbocycles. The second kappa shape index (κ2) is 6.59. The summed E-state index contributed by atoms with van der Waals surface area (Å²) in [7, 11) is 0. The molecule has 0 spiro atoms. The summed E-state index contributed by atoms with van der Waals surface area (Å²) in [5.41, 5.74) is 1.46. The zero-order valence-corrected chi connectivity index (χ0v) is 10.4. The van der Waals surface area contributed by atoms with Gasteiger partial charge in [0.15, 0.2) is 0 Å². The van der Waals surface area contributed by atoms with E-state index in [9.17, 15) is 0 Å². The molecule has 15 heavy (non-hydrogen) atoms. The van der Waals surface area contributed by atoms with Gasteiger partial charge in [0.25, 0.3) is 0 Å². The molecule has 0 unspecified atom stereocenters. The Morgan fingerprint density at radius 1 is 0.933 bits per heavy atom. The number of nitrogens with zero attached hydrogens (tertiary/aromatic N) is 1. The summed E-state index contributed by atoms with van der Waals surface area (Å²) >= 11 is 0. The maximum atomic E-state index is 2.29. The van der Waals surface area contributed by atoms with Gasteiger partial charge in [0, 0.05) is 6.99 Å². The van der Waals surface area contributed by atoms with Crippen LogP contribution in [-0.2, 0) is 6.54 Å². The Bertz CT molecular complexity index is 250. The van der Waals surface area contributed by atoms with Crippen molar-refractivity contribution in [3.05, 3.63) is 35.9 Å². The van der Waals surface area contributed by atoms with E-state index in [4.69, 9.17) is 0 Å². The fourth-order valence-corrected chi connectivity index (χ4v) is 1.98. The van der Waals surface area contributed by atoms with Crippen LogP contribution in [0.1, 0.15) is 27.8 Å². The van der Waals surface area contributed by atoms with Gasteiger partial charge in [-0.3, -0.25) is 0 Å². The zero-order valence-electron chi connectivity index (χ0n) is 10.4. The zero-order chi connectivity index (χ0) is 10.4. The van der Waals surface area contributed by atoms with Crippen LogP contribution < -0.4 is 6.15 Å². The summed E-state index contributed by atoms with van der Waals surface area (Å²) in [5.74, 6) is 0. The summed E-state index contributed by atoms with van der Waals surface area (Å²) in [6.07, 6.45) is 0. The van der Waals surface area contributed by atoms with Crippen LogP contribution >= 0.6 is 0 Å². The fourth-order valence-electron chi connectivity index (χ4n) is 1.98. The monoisotopic (exact) mass is 211 g/mol. The third-order valence-corrected chi connectivity index (χ3v) is 3.37. The van der Waals surface area contributed by atoms with E-state index in [-0.39, 0.29) is 7.58 Å². The predicted octanol–water partition coefficient (Wildman–Crippen LogP) is 3.47. The van der Waals surface area contributed by atoms with Crippen LogP contribution in [-0.4, -0.2) is 24.1 Å². The average molecular weight is 211 g/mol. The molecule has 0 fully saturated rings. The first-order valence-electron chi connectivity index (χ1n) is 5.65. The number of rotatable bonds is 5. The number of benzene rings is 1. The molecule has 88 valence electrons. The smallest absolute Gasteiger partial charge is 0.104 e. The molecule has 0 radical (unpaired) electrons. The lowest BCUT2D eigenvalue weighted by Gasteiger charge is -2.35. The standard InChI is InChI=1S/C13H22N.H3N.H2/c1-4-14(5-2,6-3)12-13-10-8-7-9-11-13;;/h7-11H,4-6,12H2,1-3H3;1H3;1H/q+1;;. The van der Waals surface area contributed by atoms with Crippen LogP contribution in [0.3, 0.4) is 0 Å². The molecule has 0 heterocycles. The molecule has 1 aromatic rings. The van der Waals surface area contributed by atoms with Gasteiger partial charge in [-0.15, -0.1) is 0 Å². The molecule has 0 aliphatic heterocycles. The van der Waals surface area contributed by atoms with E-state index in [2.05, 4.69) is 51.1 Å². The van der Waals surface area contributed by atoms with Gasteiger partial charge in [-0.1, -0.05) is 30.3 Å². The molecule has 0 saturated heterocycles. The Balaban J connectivity index is 0. The minimum atomic E-state index is 0. The highest BCUT2D eigenvalue weighted by Gasteiger charge is 2.20. The first kappa shape index (κ1) is 14.1. The van der Waals surface area contributed by atoms with Crippen molar-refractivity contribution in [2.24, 2.45) is 0 Å². The topological polar surface area (TPSA) is 35.0 Å². The second-order valence-corrected chi connectivity index (χ2v) is 3.93. The van der Waals surface area contributed by atoms with Gasteiger partial charge in [0.05, 0.1) is 19.6 Å². The maximum Gasteiger partial charge on any atom is 0.104 e. The lowest BCUT2D eigenvalue weighted by molar-refractivity contribution is -0.936. The van der Waals surface area contributed by atoms with Crippen molar-refractivity contribution in [2.75, 3.05) is 19.6 Å². The van der Waals surface area contributed by atoms with Crippen LogP contribution in [0.4, 0.5) is 0 Å². The van der Waals surface area contributed by atoms with Crippen LogP contribution in [0, 0.1) is 0 Å². The summed E-state index contributed by atoms with van der Waals surface area (Å²) in [5, 5.41) is 0. The van der Waals surface area contributed by atoms with E-state index < -0.39 is 0 Å². The fraction of sp³-hybridized carbons (Fsp3) is 0.538. The van der Waals surface area contributed by atoms with Crippen molar-refractivity contribution in [1.29, 1.82) is 0 Å². The molecule has 3 N–H and O–H groups in total. The molecule has 0 amide bonds. The van der Waals surface area contributed by atoms with Crippen molar-refractivity contribution in [3.8, 4) is 0 Å². The number of quaternary nitrogens is 1. The minimum Gasteiger partial charge on any atom is -0.344 e.